The third-order valence-electron chi connectivity index (χ3n) is 4.50. The summed E-state index contributed by atoms with van der Waals surface area (Å²) < 4.78 is 51.7. The summed E-state index contributed by atoms with van der Waals surface area (Å²) in [6.45, 7) is 4.34. The molecule has 30 heavy (non-hydrogen) atoms. The maximum atomic E-state index is 13.4. The summed E-state index contributed by atoms with van der Waals surface area (Å²) in [6.07, 6.45) is -5.61. The van der Waals surface area contributed by atoms with Crippen molar-refractivity contribution in [2.75, 3.05) is 0 Å². The molecule has 0 bridgehead atoms. The van der Waals surface area contributed by atoms with Gasteiger partial charge in [-0.1, -0.05) is 17.7 Å². The number of benzene rings is 1. The summed E-state index contributed by atoms with van der Waals surface area (Å²) in [4.78, 5) is 24.7. The fourth-order valence-corrected chi connectivity index (χ4v) is 3.43. The Morgan fingerprint density at radius 1 is 1.20 bits per heavy atom. The summed E-state index contributed by atoms with van der Waals surface area (Å²) in [6, 6.07) is 5.82. The SMILES string of the molecule is CC(C)(C)OC(=O)Cn1cc2c(cc1=O)-c1cc(Cl)ccc1C[C@@H](C(F)(F)F)OC2. The van der Waals surface area contributed by atoms with E-state index in [1.165, 1.54) is 30.5 Å². The lowest BCUT2D eigenvalue weighted by Crippen LogP contribution is -2.35. The lowest BCUT2D eigenvalue weighted by atomic mass is 9.92. The van der Waals surface area contributed by atoms with Crippen LogP contribution in [0.5, 0.6) is 0 Å². The number of carbonyl (C=O) groups is 1. The van der Waals surface area contributed by atoms with E-state index in [9.17, 15) is 22.8 Å². The molecule has 0 N–H and O–H groups in total. The van der Waals surface area contributed by atoms with Crippen molar-refractivity contribution in [2.45, 2.75) is 58.2 Å². The van der Waals surface area contributed by atoms with E-state index >= 15 is 0 Å². The third-order valence-corrected chi connectivity index (χ3v) is 4.74. The molecule has 1 atom stereocenters. The highest BCUT2D eigenvalue weighted by Gasteiger charge is 2.42. The highest BCUT2D eigenvalue weighted by atomic mass is 35.5. The number of ether oxygens (including phenoxy) is 2. The molecule has 9 heteroatoms. The Hall–Kier alpha value is -2.32. The van der Waals surface area contributed by atoms with Crippen molar-refractivity contribution >= 4 is 17.6 Å². The van der Waals surface area contributed by atoms with Crippen LogP contribution in [0.4, 0.5) is 13.2 Å². The number of aromatic nitrogens is 1. The molecule has 0 aliphatic carbocycles. The Kier molecular flexibility index (Phi) is 6.02. The molecule has 0 spiro atoms. The molecule has 162 valence electrons. The molecule has 1 aromatic heterocycles. The minimum atomic E-state index is -4.56. The molecule has 5 nitrogen and oxygen atoms in total. The number of halogens is 4. The van der Waals surface area contributed by atoms with E-state index in [2.05, 4.69) is 0 Å². The van der Waals surface area contributed by atoms with Crippen molar-refractivity contribution in [1.29, 1.82) is 0 Å². The molecule has 2 aromatic rings. The zero-order chi connectivity index (χ0) is 22.3. The predicted molar refractivity (Wildman–Crippen MR) is 105 cm³/mol. The minimum absolute atomic E-state index is 0.336. The van der Waals surface area contributed by atoms with Gasteiger partial charge in [0.25, 0.3) is 5.56 Å². The van der Waals surface area contributed by atoms with Gasteiger partial charge in [-0.25, -0.2) is 0 Å². The molecule has 0 saturated heterocycles. The lowest BCUT2D eigenvalue weighted by molar-refractivity contribution is -0.223. The van der Waals surface area contributed by atoms with Gasteiger partial charge in [-0.15, -0.1) is 0 Å². The summed E-state index contributed by atoms with van der Waals surface area (Å²) in [5.41, 5.74) is 0.361. The van der Waals surface area contributed by atoms with Gasteiger partial charge >= 0.3 is 12.1 Å². The van der Waals surface area contributed by atoms with Crippen molar-refractivity contribution in [3.63, 3.8) is 0 Å². The first-order chi connectivity index (χ1) is 13.8. The van der Waals surface area contributed by atoms with E-state index in [0.717, 1.165) is 4.57 Å². The molecule has 0 fully saturated rings. The number of carbonyl (C=O) groups excluding carboxylic acids is 1. The first-order valence-electron chi connectivity index (χ1n) is 9.26. The zero-order valence-corrected chi connectivity index (χ0v) is 17.4. The van der Waals surface area contributed by atoms with Crippen LogP contribution in [-0.4, -0.2) is 28.4 Å². The number of hydrogen-bond donors (Lipinski definition) is 0. The highest BCUT2D eigenvalue weighted by Crippen LogP contribution is 2.36. The summed E-state index contributed by atoms with van der Waals surface area (Å²) in [5, 5.41) is 0.336. The number of pyridine rings is 1. The third kappa shape index (κ3) is 5.23. The van der Waals surface area contributed by atoms with E-state index in [1.54, 1.807) is 20.8 Å². The number of rotatable bonds is 2. The van der Waals surface area contributed by atoms with Crippen LogP contribution in [0.15, 0.2) is 35.3 Å². The van der Waals surface area contributed by atoms with Gasteiger partial charge in [0, 0.05) is 29.3 Å². The second-order valence-electron chi connectivity index (χ2n) is 8.11. The first kappa shape index (κ1) is 22.4. The van der Waals surface area contributed by atoms with E-state index in [-0.39, 0.29) is 13.2 Å². The molecule has 1 aliphatic heterocycles. The van der Waals surface area contributed by atoms with Gasteiger partial charge in [-0.05, 0) is 49.6 Å². The van der Waals surface area contributed by atoms with Crippen LogP contribution in [0.2, 0.25) is 5.02 Å². The Balaban J connectivity index is 2.06. The smallest absolute Gasteiger partial charge is 0.414 e. The van der Waals surface area contributed by atoms with Crippen molar-refractivity contribution in [2.24, 2.45) is 0 Å². The Morgan fingerprint density at radius 2 is 1.87 bits per heavy atom. The number of hydrogen-bond acceptors (Lipinski definition) is 4. The average Bonchev–Trinajstić information content (AvgIpc) is 2.57. The van der Waals surface area contributed by atoms with Crippen molar-refractivity contribution < 1.29 is 27.4 Å². The Morgan fingerprint density at radius 3 is 2.50 bits per heavy atom. The molecule has 3 rings (SSSR count). The second kappa shape index (κ2) is 8.07. The average molecular weight is 444 g/mol. The minimum Gasteiger partial charge on any atom is -0.459 e. The molecule has 2 heterocycles. The normalized spacial score (nSPS) is 16.8. The van der Waals surface area contributed by atoms with E-state index < -0.39 is 35.8 Å². The molecule has 0 radical (unpaired) electrons. The van der Waals surface area contributed by atoms with Gasteiger partial charge < -0.3 is 14.0 Å². The standard InChI is InChI=1S/C21H21ClF3NO4/c1-20(2,3)30-19(28)10-26-9-13-11-29-17(21(23,24)25)6-12-4-5-14(22)7-15(12)16(13)8-18(26)27/h4-5,7-9,17H,6,10-11H2,1-3H3/t17-/m0/s1. The fourth-order valence-electron chi connectivity index (χ4n) is 3.26. The van der Waals surface area contributed by atoms with Crippen molar-refractivity contribution in [3.05, 3.63) is 57.0 Å². The van der Waals surface area contributed by atoms with E-state index in [4.69, 9.17) is 21.1 Å². The van der Waals surface area contributed by atoms with Crippen LogP contribution in [0.3, 0.4) is 0 Å². The molecule has 0 saturated carbocycles. The van der Waals surface area contributed by atoms with Gasteiger partial charge in [0.1, 0.15) is 12.1 Å². The first-order valence-corrected chi connectivity index (χ1v) is 9.63. The summed E-state index contributed by atoms with van der Waals surface area (Å²) in [7, 11) is 0. The quantitative estimate of drug-likeness (QED) is 0.641. The summed E-state index contributed by atoms with van der Waals surface area (Å²) in [5.74, 6) is -0.632. The number of esters is 1. The van der Waals surface area contributed by atoms with Crippen LogP contribution in [0, 0.1) is 0 Å². The van der Waals surface area contributed by atoms with Gasteiger partial charge in [-0.2, -0.15) is 13.2 Å². The Bertz CT molecular complexity index is 1020. The van der Waals surface area contributed by atoms with Crippen LogP contribution in [0.25, 0.3) is 11.1 Å². The highest BCUT2D eigenvalue weighted by molar-refractivity contribution is 6.30. The predicted octanol–water partition coefficient (Wildman–Crippen LogP) is 4.51. The van der Waals surface area contributed by atoms with Crippen LogP contribution < -0.4 is 5.56 Å². The van der Waals surface area contributed by atoms with Crippen LogP contribution in [-0.2, 0) is 33.8 Å². The molecule has 1 aliphatic rings. The molecular formula is C21H21ClF3NO4. The van der Waals surface area contributed by atoms with Gasteiger partial charge in [0.2, 0.25) is 0 Å². The van der Waals surface area contributed by atoms with Crippen molar-refractivity contribution in [3.8, 4) is 11.1 Å². The van der Waals surface area contributed by atoms with Gasteiger partial charge in [0.05, 0.1) is 6.61 Å². The molecular weight excluding hydrogens is 423 g/mol. The fraction of sp³-hybridized carbons (Fsp3) is 0.429. The van der Waals surface area contributed by atoms with Crippen LogP contribution in [0.1, 0.15) is 31.9 Å². The Labute approximate surface area is 176 Å². The maximum Gasteiger partial charge on any atom is 0.414 e. The monoisotopic (exact) mass is 443 g/mol. The summed E-state index contributed by atoms with van der Waals surface area (Å²) >= 11 is 6.07. The molecule has 0 unspecified atom stereocenters. The second-order valence-corrected chi connectivity index (χ2v) is 8.55. The molecule has 0 amide bonds. The number of fused-ring (bicyclic) bond motifs is 3. The molecule has 1 aromatic carbocycles. The zero-order valence-electron chi connectivity index (χ0n) is 16.7. The number of alkyl halides is 3. The van der Waals surface area contributed by atoms with Gasteiger partial charge in [0.15, 0.2) is 6.10 Å². The van der Waals surface area contributed by atoms with Gasteiger partial charge in [-0.3, -0.25) is 9.59 Å². The largest absolute Gasteiger partial charge is 0.459 e. The topological polar surface area (TPSA) is 57.5 Å². The van der Waals surface area contributed by atoms with E-state index in [1.807, 2.05) is 0 Å². The van der Waals surface area contributed by atoms with E-state index in [0.29, 0.717) is 27.3 Å². The lowest BCUT2D eigenvalue weighted by Gasteiger charge is -2.26. The van der Waals surface area contributed by atoms with Crippen molar-refractivity contribution in [1.82, 2.24) is 4.57 Å². The number of nitrogens with zero attached hydrogens (tertiary/aromatic N) is 1. The maximum absolute atomic E-state index is 13.4. The van der Waals surface area contributed by atoms with Crippen LogP contribution >= 0.6 is 11.6 Å².